The number of piperidine rings is 2. The van der Waals surface area contributed by atoms with E-state index >= 15 is 0 Å². The van der Waals surface area contributed by atoms with Crippen LogP contribution in [0.3, 0.4) is 0 Å². The van der Waals surface area contributed by atoms with Crippen molar-refractivity contribution < 1.29 is 64.5 Å². The molecule has 20 heteroatoms. The van der Waals surface area contributed by atoms with Crippen molar-refractivity contribution in [1.29, 1.82) is 0 Å². The number of aromatic nitrogens is 4. The van der Waals surface area contributed by atoms with Gasteiger partial charge < -0.3 is 28.7 Å². The average molecular weight is 1270 g/mol. The number of carbonyl (C=O) groups excluding carboxylic acids is 4. The van der Waals surface area contributed by atoms with Crippen LogP contribution in [0.1, 0.15) is 154 Å². The van der Waals surface area contributed by atoms with Gasteiger partial charge in [0.1, 0.15) is 23.0 Å². The van der Waals surface area contributed by atoms with Crippen LogP contribution in [0.4, 0.5) is 26.3 Å². The summed E-state index contributed by atoms with van der Waals surface area (Å²) in [5.41, 5.74) is 4.79. The Hall–Kier alpha value is -8.36. The lowest BCUT2D eigenvalue weighted by molar-refractivity contribution is -0.138. The lowest BCUT2D eigenvalue weighted by Gasteiger charge is -2.32. The van der Waals surface area contributed by atoms with Crippen molar-refractivity contribution in [2.75, 3.05) is 39.4 Å². The molecule has 0 radical (unpaired) electrons. The van der Waals surface area contributed by atoms with Gasteiger partial charge in [-0.15, -0.1) is 0 Å². The Labute approximate surface area is 530 Å². The number of rotatable bonds is 18. The number of likely N-dealkylation sites (tertiary alicyclic amines) is 2. The molecule has 4 aliphatic heterocycles. The number of benzene rings is 6. The maximum Gasteiger partial charge on any atom is 0.416 e. The molecule has 8 aromatic rings. The average Bonchev–Trinajstić information content (AvgIpc) is 1.69. The van der Waals surface area contributed by atoms with Crippen molar-refractivity contribution in [2.24, 2.45) is 11.8 Å². The number of ketones is 2. The highest BCUT2D eigenvalue weighted by Crippen LogP contribution is 2.35. The van der Waals surface area contributed by atoms with Crippen LogP contribution in [-0.2, 0) is 34.9 Å². The van der Waals surface area contributed by atoms with Crippen molar-refractivity contribution in [3.05, 3.63) is 178 Å². The van der Waals surface area contributed by atoms with E-state index in [1.165, 1.54) is 37.1 Å². The van der Waals surface area contributed by atoms with Crippen molar-refractivity contribution in [2.45, 2.75) is 141 Å². The SMILES string of the molecule is Cc1c(C(=O)CC[C@@H]2CCCCO2)ccc2nn(CC3CCN(C(=O)c4ccc(Oc5ccc(C(F)(F)F)cc5)cc4)CC3)cc12.Cc1c(C(=O)CC[C@H]2CCCCO2)ccc2nn(CC3CCN(C(=O)c4ccc(Oc5ccc(C(F)(F)F)cc5)cc4)CC3)cc12. The van der Waals surface area contributed by atoms with E-state index < -0.39 is 23.5 Å². The van der Waals surface area contributed by atoms with E-state index in [9.17, 15) is 45.5 Å². The minimum Gasteiger partial charge on any atom is -0.457 e. The summed E-state index contributed by atoms with van der Waals surface area (Å²) in [4.78, 5) is 56.1. The molecular weight excluding hydrogens is 1190 g/mol. The van der Waals surface area contributed by atoms with Crippen molar-refractivity contribution in [1.82, 2.24) is 29.4 Å². The molecule has 14 nitrogen and oxygen atoms in total. The summed E-state index contributed by atoms with van der Waals surface area (Å²) in [6.45, 7) is 9.61. The lowest BCUT2D eigenvalue weighted by atomic mass is 9.96. The second kappa shape index (κ2) is 29.1. The second-order valence-electron chi connectivity index (χ2n) is 24.7. The minimum atomic E-state index is -4.40. The van der Waals surface area contributed by atoms with Gasteiger partial charge in [-0.05, 0) is 235 Å². The highest BCUT2D eigenvalue weighted by molar-refractivity contribution is 6.03. The van der Waals surface area contributed by atoms with Crippen molar-refractivity contribution in [3.63, 3.8) is 0 Å². The zero-order chi connectivity index (χ0) is 64.5. The van der Waals surface area contributed by atoms with Crippen LogP contribution in [0.25, 0.3) is 21.8 Å². The summed E-state index contributed by atoms with van der Waals surface area (Å²) in [5, 5.41) is 11.6. The molecule has 484 valence electrons. The van der Waals surface area contributed by atoms with E-state index in [4.69, 9.17) is 29.1 Å². The predicted molar refractivity (Wildman–Crippen MR) is 336 cm³/mol. The van der Waals surface area contributed by atoms with Gasteiger partial charge in [0.05, 0.1) is 34.4 Å². The standard InChI is InChI=1S/2C36H38F3N3O4/c2*1-24-31(34(43)16-13-28-4-2-3-21-45-28)14-15-33-32(24)23-42(40-33)22-25-17-19-41(20-18-25)35(44)26-5-9-29(10-6-26)46-30-11-7-27(8-12-30)36(37,38)39/h2*5-12,14-15,23,25,28H,2-4,13,16-22H2,1H3/t2*28-/m10/s1. The van der Waals surface area contributed by atoms with Gasteiger partial charge in [0.15, 0.2) is 11.6 Å². The summed E-state index contributed by atoms with van der Waals surface area (Å²) in [7, 11) is 0. The van der Waals surface area contributed by atoms with E-state index in [2.05, 4.69) is 0 Å². The molecule has 2 amide bonds. The third-order valence-electron chi connectivity index (χ3n) is 18.3. The monoisotopic (exact) mass is 1270 g/mol. The third kappa shape index (κ3) is 16.5. The number of alkyl halides is 6. The van der Waals surface area contributed by atoms with Crippen LogP contribution < -0.4 is 9.47 Å². The Kier molecular flexibility index (Phi) is 20.6. The minimum absolute atomic E-state index is 0.0628. The highest BCUT2D eigenvalue weighted by Gasteiger charge is 2.32. The molecule has 2 aromatic heterocycles. The van der Waals surface area contributed by atoms with E-state index in [0.717, 1.165) is 159 Å². The number of amides is 2. The summed E-state index contributed by atoms with van der Waals surface area (Å²) >= 11 is 0. The molecule has 2 atom stereocenters. The molecule has 4 aliphatic rings. The predicted octanol–water partition coefficient (Wildman–Crippen LogP) is 16.5. The number of halogens is 6. The molecule has 4 fully saturated rings. The number of Topliss-reactive ketones (excluding diaryl/α,β-unsaturated/α-hetero) is 2. The molecule has 0 N–H and O–H groups in total. The number of hydrogen-bond acceptors (Lipinski definition) is 10. The van der Waals surface area contributed by atoms with Crippen LogP contribution in [-0.4, -0.2) is 104 Å². The Bertz CT molecular complexity index is 3590. The number of carbonyl (C=O) groups is 4. The van der Waals surface area contributed by atoms with Crippen molar-refractivity contribution in [3.8, 4) is 23.0 Å². The van der Waals surface area contributed by atoms with Crippen molar-refractivity contribution >= 4 is 45.2 Å². The largest absolute Gasteiger partial charge is 0.457 e. The van der Waals surface area contributed by atoms with Gasteiger partial charge in [-0.1, -0.05) is 0 Å². The zero-order valence-electron chi connectivity index (χ0n) is 51.8. The first-order valence-electron chi connectivity index (χ1n) is 32.0. The Morgan fingerprint density at radius 1 is 0.467 bits per heavy atom. The summed E-state index contributed by atoms with van der Waals surface area (Å²) in [5.74, 6) is 2.35. The fraction of sp³-hybridized carbons (Fsp3) is 0.417. The van der Waals surface area contributed by atoms with Crippen LogP contribution in [0.15, 0.2) is 134 Å². The zero-order valence-corrected chi connectivity index (χ0v) is 51.8. The molecule has 6 aromatic carbocycles. The summed E-state index contributed by atoms with van der Waals surface area (Å²) in [6, 6.07) is 29.9. The topological polar surface area (TPSA) is 147 Å². The van der Waals surface area contributed by atoms with Gasteiger partial charge in [-0.3, -0.25) is 28.5 Å². The number of hydrogen-bond donors (Lipinski definition) is 0. The normalized spacial score (nSPS) is 17.7. The van der Waals surface area contributed by atoms with Crippen LogP contribution in [0.2, 0.25) is 0 Å². The molecule has 0 aliphatic carbocycles. The molecule has 12 rings (SSSR count). The fourth-order valence-electron chi connectivity index (χ4n) is 12.8. The van der Waals surface area contributed by atoms with Crippen LogP contribution in [0.5, 0.6) is 23.0 Å². The van der Waals surface area contributed by atoms with Gasteiger partial charge in [-0.2, -0.15) is 36.5 Å². The van der Waals surface area contributed by atoms with Gasteiger partial charge in [0, 0.05) is 111 Å². The molecule has 0 bridgehead atoms. The van der Waals surface area contributed by atoms with Gasteiger partial charge in [0.25, 0.3) is 11.8 Å². The van der Waals surface area contributed by atoms with E-state index in [0.29, 0.717) is 73.5 Å². The van der Waals surface area contributed by atoms with Gasteiger partial charge in [0.2, 0.25) is 0 Å². The lowest BCUT2D eigenvalue weighted by Crippen LogP contribution is -2.39. The first-order chi connectivity index (χ1) is 44.3. The summed E-state index contributed by atoms with van der Waals surface area (Å²) in [6.07, 6.45) is 8.17. The number of aryl methyl sites for hydroxylation is 2. The third-order valence-corrected chi connectivity index (χ3v) is 18.3. The Morgan fingerprint density at radius 3 is 1.14 bits per heavy atom. The molecular formula is C72H76F6N6O8. The molecule has 4 saturated heterocycles. The molecule has 0 saturated carbocycles. The number of fused-ring (bicyclic) bond motifs is 2. The number of ether oxygens (including phenoxy) is 4. The maximum absolute atomic E-state index is 13.2. The first kappa shape index (κ1) is 65.1. The fourth-order valence-corrected chi connectivity index (χ4v) is 12.8. The van der Waals surface area contributed by atoms with Crippen LogP contribution >= 0.6 is 0 Å². The smallest absolute Gasteiger partial charge is 0.416 e. The van der Waals surface area contributed by atoms with E-state index in [-0.39, 0.29) is 47.1 Å². The summed E-state index contributed by atoms with van der Waals surface area (Å²) < 4.78 is 104. The van der Waals surface area contributed by atoms with Gasteiger partial charge in [-0.25, -0.2) is 0 Å². The molecule has 92 heavy (non-hydrogen) atoms. The maximum atomic E-state index is 13.2. The van der Waals surface area contributed by atoms with E-state index in [1.807, 2.05) is 69.7 Å². The second-order valence-corrected chi connectivity index (χ2v) is 24.7. The quantitative estimate of drug-likeness (QED) is 0.0601. The van der Waals surface area contributed by atoms with Crippen LogP contribution in [0, 0.1) is 25.7 Å². The molecule has 0 spiro atoms. The Morgan fingerprint density at radius 2 is 0.815 bits per heavy atom. The van der Waals surface area contributed by atoms with Gasteiger partial charge >= 0.3 is 12.4 Å². The number of nitrogens with zero attached hydrogens (tertiary/aromatic N) is 6. The molecule has 0 unspecified atom stereocenters. The molecule has 6 heterocycles. The van der Waals surface area contributed by atoms with E-state index in [1.54, 1.807) is 48.5 Å². The first-order valence-corrected chi connectivity index (χ1v) is 32.0. The highest BCUT2D eigenvalue weighted by atomic mass is 19.4. The Balaban J connectivity index is 0.000000188.